The molecule has 1 fully saturated rings. The van der Waals surface area contributed by atoms with Gasteiger partial charge in [-0.15, -0.1) is 0 Å². The predicted molar refractivity (Wildman–Crippen MR) is 116 cm³/mol. The summed E-state index contributed by atoms with van der Waals surface area (Å²) in [5.41, 5.74) is -0.140. The molecule has 29 heavy (non-hydrogen) atoms. The molecular weight excluding hydrogens is 384 g/mol. The van der Waals surface area contributed by atoms with E-state index in [9.17, 15) is 14.9 Å². The highest BCUT2D eigenvalue weighted by Gasteiger charge is 2.38. The Morgan fingerprint density at radius 1 is 1.34 bits per heavy atom. The summed E-state index contributed by atoms with van der Waals surface area (Å²) in [6.07, 6.45) is 5.29. The van der Waals surface area contributed by atoms with Gasteiger partial charge in [0.05, 0.1) is 22.7 Å². The second-order valence-electron chi connectivity index (χ2n) is 7.79. The molecule has 154 valence electrons. The quantitative estimate of drug-likeness (QED) is 0.526. The highest BCUT2D eigenvalue weighted by atomic mass is 32.2. The van der Waals surface area contributed by atoms with Gasteiger partial charge in [-0.3, -0.25) is 14.2 Å². The number of carbonyl (C=O) groups is 1. The van der Waals surface area contributed by atoms with Gasteiger partial charge in [-0.2, -0.15) is 5.26 Å². The number of aromatic nitrogens is 2. The van der Waals surface area contributed by atoms with Gasteiger partial charge in [0.1, 0.15) is 5.54 Å². The molecular formula is C22H28N4O2S. The van der Waals surface area contributed by atoms with Gasteiger partial charge >= 0.3 is 0 Å². The summed E-state index contributed by atoms with van der Waals surface area (Å²) >= 11 is 1.28. The van der Waals surface area contributed by atoms with E-state index < -0.39 is 5.54 Å². The van der Waals surface area contributed by atoms with Crippen LogP contribution in [0.2, 0.25) is 0 Å². The van der Waals surface area contributed by atoms with Crippen molar-refractivity contribution >= 4 is 28.6 Å². The highest BCUT2D eigenvalue weighted by Crippen LogP contribution is 2.33. The molecule has 1 aliphatic carbocycles. The van der Waals surface area contributed by atoms with Crippen molar-refractivity contribution in [2.45, 2.75) is 69.1 Å². The van der Waals surface area contributed by atoms with E-state index in [4.69, 9.17) is 0 Å². The Labute approximate surface area is 175 Å². The third-order valence-electron chi connectivity index (χ3n) is 6.04. The molecule has 0 spiro atoms. The van der Waals surface area contributed by atoms with Crippen LogP contribution < -0.4 is 5.56 Å². The van der Waals surface area contributed by atoms with Crippen molar-refractivity contribution in [2.75, 3.05) is 12.8 Å². The minimum Gasteiger partial charge on any atom is -0.326 e. The van der Waals surface area contributed by atoms with E-state index in [-0.39, 0.29) is 23.3 Å². The van der Waals surface area contributed by atoms with Crippen molar-refractivity contribution in [3.05, 3.63) is 34.6 Å². The largest absolute Gasteiger partial charge is 0.326 e. The Kier molecular flexibility index (Phi) is 6.63. The average Bonchev–Trinajstić information content (AvgIpc) is 2.77. The maximum absolute atomic E-state index is 13.0. The van der Waals surface area contributed by atoms with Crippen molar-refractivity contribution < 1.29 is 4.79 Å². The maximum atomic E-state index is 13.0. The second kappa shape index (κ2) is 9.00. The number of nitriles is 1. The van der Waals surface area contributed by atoms with Crippen LogP contribution in [0, 0.1) is 11.3 Å². The van der Waals surface area contributed by atoms with Gasteiger partial charge in [0.15, 0.2) is 5.16 Å². The lowest BCUT2D eigenvalue weighted by molar-refractivity contribution is -0.131. The lowest BCUT2D eigenvalue weighted by Gasteiger charge is -2.39. The average molecular weight is 413 g/mol. The van der Waals surface area contributed by atoms with Crippen molar-refractivity contribution in [2.24, 2.45) is 0 Å². The van der Waals surface area contributed by atoms with Crippen LogP contribution in [-0.4, -0.2) is 38.7 Å². The molecule has 1 atom stereocenters. The van der Waals surface area contributed by atoms with E-state index in [0.717, 1.165) is 38.5 Å². The SMILES string of the molecule is CC[C@H](C)n1c(SCC(=O)N(C)C2(C#N)CCCCC2)nc2ccccc2c1=O. The lowest BCUT2D eigenvalue weighted by atomic mass is 9.81. The van der Waals surface area contributed by atoms with Crippen LogP contribution in [0.3, 0.4) is 0 Å². The smallest absolute Gasteiger partial charge is 0.262 e. The summed E-state index contributed by atoms with van der Waals surface area (Å²) in [6.45, 7) is 4.02. The third-order valence-corrected chi connectivity index (χ3v) is 6.97. The van der Waals surface area contributed by atoms with Crippen LogP contribution >= 0.6 is 11.8 Å². The molecule has 1 amide bonds. The summed E-state index contributed by atoms with van der Waals surface area (Å²) in [4.78, 5) is 32.3. The summed E-state index contributed by atoms with van der Waals surface area (Å²) < 4.78 is 1.70. The zero-order chi connectivity index (χ0) is 21.0. The van der Waals surface area contributed by atoms with Crippen LogP contribution in [0.5, 0.6) is 0 Å². The summed E-state index contributed by atoms with van der Waals surface area (Å²) in [6, 6.07) is 9.68. The minimum atomic E-state index is -0.705. The van der Waals surface area contributed by atoms with Gasteiger partial charge in [-0.1, -0.05) is 50.1 Å². The Hall–Kier alpha value is -2.33. The van der Waals surface area contributed by atoms with Crippen LogP contribution in [0.1, 0.15) is 58.4 Å². The second-order valence-corrected chi connectivity index (χ2v) is 8.73. The molecule has 2 aromatic rings. The molecule has 6 nitrogen and oxygen atoms in total. The molecule has 1 aliphatic rings. The first-order valence-electron chi connectivity index (χ1n) is 10.3. The number of hydrogen-bond acceptors (Lipinski definition) is 5. The van der Waals surface area contributed by atoms with E-state index in [1.54, 1.807) is 22.6 Å². The van der Waals surface area contributed by atoms with E-state index >= 15 is 0 Å². The fourth-order valence-corrected chi connectivity index (χ4v) is 4.93. The number of hydrogen-bond donors (Lipinski definition) is 0. The fraction of sp³-hybridized carbons (Fsp3) is 0.545. The van der Waals surface area contributed by atoms with Crippen molar-refractivity contribution in [3.63, 3.8) is 0 Å². The third kappa shape index (κ3) is 4.18. The molecule has 0 unspecified atom stereocenters. The first kappa shape index (κ1) is 21.4. The number of rotatable bonds is 6. The zero-order valence-electron chi connectivity index (χ0n) is 17.4. The van der Waals surface area contributed by atoms with Gasteiger partial charge in [-0.25, -0.2) is 4.98 Å². The Morgan fingerprint density at radius 3 is 2.69 bits per heavy atom. The molecule has 1 aromatic heterocycles. The number of fused-ring (bicyclic) bond motifs is 1. The Bertz CT molecular complexity index is 988. The van der Waals surface area contributed by atoms with E-state index in [1.807, 2.05) is 32.0 Å². The minimum absolute atomic E-state index is 0.0151. The molecule has 1 aromatic carbocycles. The van der Waals surface area contributed by atoms with E-state index in [0.29, 0.717) is 16.1 Å². The van der Waals surface area contributed by atoms with Gasteiger partial charge < -0.3 is 4.90 Å². The topological polar surface area (TPSA) is 79.0 Å². The molecule has 0 N–H and O–H groups in total. The molecule has 7 heteroatoms. The monoisotopic (exact) mass is 412 g/mol. The van der Waals surface area contributed by atoms with Gasteiger partial charge in [0, 0.05) is 13.1 Å². The molecule has 0 saturated heterocycles. The molecule has 0 radical (unpaired) electrons. The maximum Gasteiger partial charge on any atom is 0.262 e. The first-order chi connectivity index (χ1) is 13.9. The molecule has 3 rings (SSSR count). The summed E-state index contributed by atoms with van der Waals surface area (Å²) in [7, 11) is 1.73. The van der Waals surface area contributed by atoms with Gasteiger partial charge in [-0.05, 0) is 38.3 Å². The van der Waals surface area contributed by atoms with Crippen LogP contribution in [0.15, 0.2) is 34.2 Å². The first-order valence-corrected chi connectivity index (χ1v) is 11.2. The zero-order valence-corrected chi connectivity index (χ0v) is 18.2. The molecule has 0 bridgehead atoms. The van der Waals surface area contributed by atoms with E-state index in [1.165, 1.54) is 11.8 Å². The number of nitrogens with zero attached hydrogens (tertiary/aromatic N) is 4. The Morgan fingerprint density at radius 2 is 2.03 bits per heavy atom. The Balaban J connectivity index is 1.87. The van der Waals surface area contributed by atoms with Crippen molar-refractivity contribution in [3.8, 4) is 6.07 Å². The molecule has 1 saturated carbocycles. The predicted octanol–water partition coefficient (Wildman–Crippen LogP) is 4.14. The number of para-hydroxylation sites is 1. The van der Waals surface area contributed by atoms with Crippen molar-refractivity contribution in [1.82, 2.24) is 14.5 Å². The van der Waals surface area contributed by atoms with Gasteiger partial charge in [0.25, 0.3) is 5.56 Å². The molecule has 0 aliphatic heterocycles. The van der Waals surface area contributed by atoms with Crippen LogP contribution in [-0.2, 0) is 4.79 Å². The van der Waals surface area contributed by atoms with E-state index in [2.05, 4.69) is 11.1 Å². The van der Waals surface area contributed by atoms with Crippen LogP contribution in [0.25, 0.3) is 10.9 Å². The number of thioether (sulfide) groups is 1. The number of benzene rings is 1. The van der Waals surface area contributed by atoms with Crippen LogP contribution in [0.4, 0.5) is 0 Å². The fourth-order valence-electron chi connectivity index (χ4n) is 3.92. The van der Waals surface area contributed by atoms with Gasteiger partial charge in [0.2, 0.25) is 5.91 Å². The standard InChI is InChI=1S/C22H28N4O2S/c1-4-16(2)26-20(28)17-10-6-7-11-18(17)24-21(26)29-14-19(27)25(3)22(15-23)12-8-5-9-13-22/h6-7,10-11,16H,4-5,8-9,12-14H2,1-3H3/t16-/m0/s1. The number of amides is 1. The lowest BCUT2D eigenvalue weighted by Crippen LogP contribution is -2.50. The number of carbonyl (C=O) groups excluding carboxylic acids is 1. The van der Waals surface area contributed by atoms with Crippen molar-refractivity contribution in [1.29, 1.82) is 5.26 Å². The molecule has 1 heterocycles. The summed E-state index contributed by atoms with van der Waals surface area (Å²) in [5, 5.41) is 10.9. The highest BCUT2D eigenvalue weighted by molar-refractivity contribution is 7.99. The summed E-state index contributed by atoms with van der Waals surface area (Å²) in [5.74, 6) is 0.0535. The normalized spacial score (nSPS) is 16.9.